The van der Waals surface area contributed by atoms with Crippen LogP contribution in [0.1, 0.15) is 16.1 Å². The largest absolute Gasteiger partial charge is 0.287 e. The highest BCUT2D eigenvalue weighted by Gasteiger charge is 2.10. The molecule has 19 heavy (non-hydrogen) atoms. The molecule has 0 saturated carbocycles. The Labute approximate surface area is 109 Å². The first-order valence-electron chi connectivity index (χ1n) is 5.90. The summed E-state index contributed by atoms with van der Waals surface area (Å²) in [5.41, 5.74) is 1.57. The minimum atomic E-state index is -0.358. The van der Waals surface area contributed by atoms with Gasteiger partial charge in [0.05, 0.1) is 5.52 Å². The minimum Gasteiger partial charge on any atom is -0.287 e. The van der Waals surface area contributed by atoms with Gasteiger partial charge in [-0.15, -0.1) is 0 Å². The Morgan fingerprint density at radius 1 is 0.895 bits per heavy atom. The first kappa shape index (κ1) is 11.5. The van der Waals surface area contributed by atoms with Crippen LogP contribution in [0.5, 0.6) is 0 Å². The number of carbonyl (C=O) groups is 1. The number of pyridine rings is 1. The van der Waals surface area contributed by atoms with Crippen molar-refractivity contribution >= 4 is 16.7 Å². The molecule has 1 aromatic heterocycles. The van der Waals surface area contributed by atoms with Crippen LogP contribution in [-0.4, -0.2) is 10.8 Å². The topological polar surface area (TPSA) is 30.0 Å². The van der Waals surface area contributed by atoms with Crippen LogP contribution in [0.4, 0.5) is 4.39 Å². The van der Waals surface area contributed by atoms with Crippen LogP contribution in [0.2, 0.25) is 0 Å². The van der Waals surface area contributed by atoms with Crippen LogP contribution in [-0.2, 0) is 0 Å². The third kappa shape index (κ3) is 2.22. The van der Waals surface area contributed by atoms with Crippen molar-refractivity contribution in [2.24, 2.45) is 0 Å². The number of aromatic nitrogens is 1. The highest BCUT2D eigenvalue weighted by Crippen LogP contribution is 2.14. The lowest BCUT2D eigenvalue weighted by atomic mass is 10.1. The van der Waals surface area contributed by atoms with E-state index in [9.17, 15) is 9.18 Å². The molecule has 0 aliphatic heterocycles. The van der Waals surface area contributed by atoms with Crippen molar-refractivity contribution < 1.29 is 9.18 Å². The standard InChI is InChI=1S/C16H10FNO/c17-13-8-5-12(6-9-13)16(19)15-10-7-11-3-1-2-4-14(11)18-15/h1-10H. The van der Waals surface area contributed by atoms with Crippen molar-refractivity contribution in [1.82, 2.24) is 4.98 Å². The maximum atomic E-state index is 12.8. The first-order chi connectivity index (χ1) is 9.24. The zero-order chi connectivity index (χ0) is 13.2. The SMILES string of the molecule is O=C(c1ccc(F)cc1)c1ccc2ccccc2n1. The summed E-state index contributed by atoms with van der Waals surface area (Å²) in [5, 5.41) is 0.984. The predicted octanol–water partition coefficient (Wildman–Crippen LogP) is 3.60. The van der Waals surface area contributed by atoms with Crippen molar-refractivity contribution in [2.45, 2.75) is 0 Å². The third-order valence-corrected chi connectivity index (χ3v) is 2.94. The molecule has 0 saturated heterocycles. The fourth-order valence-corrected chi connectivity index (χ4v) is 1.94. The number of fused-ring (bicyclic) bond motifs is 1. The van der Waals surface area contributed by atoms with Crippen molar-refractivity contribution in [3.05, 3.63) is 77.7 Å². The summed E-state index contributed by atoms with van der Waals surface area (Å²) < 4.78 is 12.8. The monoisotopic (exact) mass is 251 g/mol. The van der Waals surface area contributed by atoms with E-state index in [1.165, 1.54) is 24.3 Å². The van der Waals surface area contributed by atoms with E-state index in [0.29, 0.717) is 11.3 Å². The molecule has 2 nitrogen and oxygen atoms in total. The van der Waals surface area contributed by atoms with Gasteiger partial charge in [-0.05, 0) is 36.4 Å². The fraction of sp³-hybridized carbons (Fsp3) is 0. The molecular weight excluding hydrogens is 241 g/mol. The number of carbonyl (C=O) groups excluding carboxylic acids is 1. The van der Waals surface area contributed by atoms with Crippen LogP contribution in [0.25, 0.3) is 10.9 Å². The normalized spacial score (nSPS) is 10.6. The van der Waals surface area contributed by atoms with E-state index in [0.717, 1.165) is 10.9 Å². The van der Waals surface area contributed by atoms with Gasteiger partial charge in [0.25, 0.3) is 0 Å². The van der Waals surface area contributed by atoms with Crippen LogP contribution in [0.3, 0.4) is 0 Å². The van der Waals surface area contributed by atoms with Gasteiger partial charge >= 0.3 is 0 Å². The molecule has 1 heterocycles. The van der Waals surface area contributed by atoms with Gasteiger partial charge < -0.3 is 0 Å². The Morgan fingerprint density at radius 2 is 1.63 bits per heavy atom. The average molecular weight is 251 g/mol. The Hall–Kier alpha value is -2.55. The summed E-state index contributed by atoms with van der Waals surface area (Å²) in [7, 11) is 0. The number of halogens is 1. The van der Waals surface area contributed by atoms with E-state index in [4.69, 9.17) is 0 Å². The Morgan fingerprint density at radius 3 is 2.42 bits per heavy atom. The lowest BCUT2D eigenvalue weighted by Crippen LogP contribution is -2.04. The summed E-state index contributed by atoms with van der Waals surface area (Å²) in [6, 6.07) is 16.6. The second kappa shape index (κ2) is 4.61. The van der Waals surface area contributed by atoms with E-state index in [-0.39, 0.29) is 11.6 Å². The highest BCUT2D eigenvalue weighted by atomic mass is 19.1. The molecule has 0 amide bonds. The molecule has 3 heteroatoms. The molecule has 0 bridgehead atoms. The summed E-state index contributed by atoms with van der Waals surface area (Å²) in [6.07, 6.45) is 0. The lowest BCUT2D eigenvalue weighted by molar-refractivity contribution is 0.103. The van der Waals surface area contributed by atoms with Crippen molar-refractivity contribution in [3.63, 3.8) is 0 Å². The number of hydrogen-bond donors (Lipinski definition) is 0. The van der Waals surface area contributed by atoms with Crippen molar-refractivity contribution in [1.29, 1.82) is 0 Å². The molecule has 3 rings (SSSR count). The molecule has 92 valence electrons. The second-order valence-electron chi connectivity index (χ2n) is 4.23. The smallest absolute Gasteiger partial charge is 0.211 e. The van der Waals surface area contributed by atoms with Gasteiger partial charge in [-0.2, -0.15) is 0 Å². The van der Waals surface area contributed by atoms with E-state index < -0.39 is 0 Å². The Kier molecular flexibility index (Phi) is 2.80. The van der Waals surface area contributed by atoms with Crippen LogP contribution < -0.4 is 0 Å². The molecule has 0 aliphatic carbocycles. The number of ketones is 1. The summed E-state index contributed by atoms with van der Waals surface area (Å²) in [5.74, 6) is -0.561. The zero-order valence-corrected chi connectivity index (χ0v) is 10.0. The number of hydrogen-bond acceptors (Lipinski definition) is 2. The quantitative estimate of drug-likeness (QED) is 0.651. The number of para-hydroxylation sites is 1. The molecule has 0 N–H and O–H groups in total. The van der Waals surface area contributed by atoms with Crippen molar-refractivity contribution in [3.8, 4) is 0 Å². The van der Waals surface area contributed by atoms with Gasteiger partial charge in [-0.1, -0.05) is 24.3 Å². The maximum Gasteiger partial charge on any atom is 0.211 e. The molecule has 0 fully saturated rings. The molecule has 0 radical (unpaired) electrons. The average Bonchev–Trinajstić information content (AvgIpc) is 2.47. The van der Waals surface area contributed by atoms with Gasteiger partial charge in [0, 0.05) is 10.9 Å². The zero-order valence-electron chi connectivity index (χ0n) is 10.0. The van der Waals surface area contributed by atoms with Gasteiger partial charge in [0.15, 0.2) is 0 Å². The Balaban J connectivity index is 2.04. The van der Waals surface area contributed by atoms with Crippen LogP contribution in [0, 0.1) is 5.82 Å². The van der Waals surface area contributed by atoms with Gasteiger partial charge in [0.2, 0.25) is 5.78 Å². The van der Waals surface area contributed by atoms with E-state index in [1.54, 1.807) is 6.07 Å². The molecule has 0 spiro atoms. The highest BCUT2D eigenvalue weighted by molar-refractivity contribution is 6.08. The molecule has 0 atom stereocenters. The predicted molar refractivity (Wildman–Crippen MR) is 71.6 cm³/mol. The number of rotatable bonds is 2. The molecule has 0 aliphatic rings. The summed E-state index contributed by atoms with van der Waals surface area (Å²) in [6.45, 7) is 0. The minimum absolute atomic E-state index is 0.203. The number of benzene rings is 2. The van der Waals surface area contributed by atoms with Gasteiger partial charge in [-0.25, -0.2) is 9.37 Å². The van der Waals surface area contributed by atoms with Crippen LogP contribution in [0.15, 0.2) is 60.7 Å². The summed E-state index contributed by atoms with van der Waals surface area (Å²) in [4.78, 5) is 16.5. The number of nitrogens with zero attached hydrogens (tertiary/aromatic N) is 1. The van der Waals surface area contributed by atoms with E-state index in [1.807, 2.05) is 30.3 Å². The molecule has 2 aromatic carbocycles. The maximum absolute atomic E-state index is 12.8. The van der Waals surface area contributed by atoms with Gasteiger partial charge in [0.1, 0.15) is 11.5 Å². The molecule has 3 aromatic rings. The third-order valence-electron chi connectivity index (χ3n) is 2.94. The summed E-state index contributed by atoms with van der Waals surface area (Å²) >= 11 is 0. The van der Waals surface area contributed by atoms with E-state index >= 15 is 0 Å². The molecule has 0 unspecified atom stereocenters. The second-order valence-corrected chi connectivity index (χ2v) is 4.23. The fourth-order valence-electron chi connectivity index (χ4n) is 1.94. The van der Waals surface area contributed by atoms with Crippen molar-refractivity contribution in [2.75, 3.05) is 0 Å². The first-order valence-corrected chi connectivity index (χ1v) is 5.90. The van der Waals surface area contributed by atoms with Crippen LogP contribution >= 0.6 is 0 Å². The molecular formula is C16H10FNO. The lowest BCUT2D eigenvalue weighted by Gasteiger charge is -2.02. The van der Waals surface area contributed by atoms with Gasteiger partial charge in [-0.3, -0.25) is 4.79 Å². The Bertz CT molecular complexity index is 750. The van der Waals surface area contributed by atoms with E-state index in [2.05, 4.69) is 4.98 Å².